The summed E-state index contributed by atoms with van der Waals surface area (Å²) in [7, 11) is 1.61. The summed E-state index contributed by atoms with van der Waals surface area (Å²) in [5.74, 6) is 1.22. The lowest BCUT2D eigenvalue weighted by Crippen LogP contribution is -2.07. The minimum absolute atomic E-state index is 0.171. The van der Waals surface area contributed by atoms with Crippen LogP contribution < -0.4 is 4.74 Å². The second-order valence-electron chi connectivity index (χ2n) is 3.31. The number of ether oxygens (including phenoxy) is 2. The maximum atomic E-state index is 11.1. The van der Waals surface area contributed by atoms with Crippen molar-refractivity contribution in [2.45, 2.75) is 12.8 Å². The smallest absolute Gasteiger partial charge is 0.311 e. The monoisotopic (exact) mass is 204 g/mol. The zero-order valence-corrected chi connectivity index (χ0v) is 8.53. The summed E-state index contributed by atoms with van der Waals surface area (Å²) in [6.07, 6.45) is 3.13. The standard InChI is InChI=1S/C12H12O3/c1-14-10-5-2-4-9(8-10)11-6-3-7-12(13)15-11/h2,4-6,8H,3,7H2,1H3. The Hall–Kier alpha value is -1.77. The number of carbonyl (C=O) groups is 1. The lowest BCUT2D eigenvalue weighted by atomic mass is 10.1. The van der Waals surface area contributed by atoms with Gasteiger partial charge in [-0.1, -0.05) is 12.1 Å². The molecule has 0 aliphatic carbocycles. The molecular formula is C12H12O3. The first kappa shape index (κ1) is 9.77. The van der Waals surface area contributed by atoms with Crippen LogP contribution in [0.25, 0.3) is 5.76 Å². The topological polar surface area (TPSA) is 35.5 Å². The van der Waals surface area contributed by atoms with Gasteiger partial charge in [-0.15, -0.1) is 0 Å². The molecule has 2 rings (SSSR count). The van der Waals surface area contributed by atoms with E-state index in [2.05, 4.69) is 0 Å². The molecule has 0 bridgehead atoms. The van der Waals surface area contributed by atoms with E-state index in [9.17, 15) is 4.79 Å². The molecule has 3 nitrogen and oxygen atoms in total. The van der Waals surface area contributed by atoms with Gasteiger partial charge < -0.3 is 9.47 Å². The van der Waals surface area contributed by atoms with Crippen molar-refractivity contribution < 1.29 is 14.3 Å². The molecule has 0 spiro atoms. The molecule has 0 atom stereocenters. The molecular weight excluding hydrogens is 192 g/mol. The molecule has 0 fully saturated rings. The molecule has 1 aromatic rings. The highest BCUT2D eigenvalue weighted by Gasteiger charge is 2.14. The summed E-state index contributed by atoms with van der Waals surface area (Å²) >= 11 is 0. The van der Waals surface area contributed by atoms with Crippen molar-refractivity contribution in [3.63, 3.8) is 0 Å². The fourth-order valence-corrected chi connectivity index (χ4v) is 1.49. The molecule has 1 heterocycles. The molecule has 1 aliphatic heterocycles. The van der Waals surface area contributed by atoms with Crippen molar-refractivity contribution >= 4 is 11.7 Å². The molecule has 0 saturated carbocycles. The zero-order valence-electron chi connectivity index (χ0n) is 8.53. The van der Waals surface area contributed by atoms with Crippen molar-refractivity contribution in [1.82, 2.24) is 0 Å². The Morgan fingerprint density at radius 1 is 1.40 bits per heavy atom. The van der Waals surface area contributed by atoms with Gasteiger partial charge in [-0.3, -0.25) is 4.79 Å². The van der Waals surface area contributed by atoms with Crippen LogP contribution >= 0.6 is 0 Å². The summed E-state index contributed by atoms with van der Waals surface area (Å²) < 4.78 is 10.2. The fourth-order valence-electron chi connectivity index (χ4n) is 1.49. The van der Waals surface area contributed by atoms with Crippen LogP contribution in [-0.4, -0.2) is 13.1 Å². The van der Waals surface area contributed by atoms with Crippen LogP contribution in [0.4, 0.5) is 0 Å². The lowest BCUT2D eigenvalue weighted by Gasteiger charge is -2.13. The molecule has 3 heteroatoms. The van der Waals surface area contributed by atoms with Crippen molar-refractivity contribution in [2.75, 3.05) is 7.11 Å². The van der Waals surface area contributed by atoms with E-state index in [1.165, 1.54) is 0 Å². The first-order valence-electron chi connectivity index (χ1n) is 4.85. The maximum Gasteiger partial charge on any atom is 0.311 e. The van der Waals surface area contributed by atoms with Gasteiger partial charge in [-0.05, 0) is 24.6 Å². The van der Waals surface area contributed by atoms with Crippen LogP contribution in [0.15, 0.2) is 30.3 Å². The molecule has 0 radical (unpaired) electrons. The minimum atomic E-state index is -0.171. The zero-order chi connectivity index (χ0) is 10.7. The highest BCUT2D eigenvalue weighted by molar-refractivity contribution is 5.80. The average Bonchev–Trinajstić information content (AvgIpc) is 2.29. The molecule has 1 aliphatic rings. The Morgan fingerprint density at radius 2 is 2.27 bits per heavy atom. The minimum Gasteiger partial charge on any atom is -0.497 e. The van der Waals surface area contributed by atoms with E-state index >= 15 is 0 Å². The summed E-state index contributed by atoms with van der Waals surface area (Å²) in [6, 6.07) is 7.48. The molecule has 0 N–H and O–H groups in total. The van der Waals surface area contributed by atoms with Gasteiger partial charge in [0, 0.05) is 12.0 Å². The number of hydrogen-bond donors (Lipinski definition) is 0. The Labute approximate surface area is 88.3 Å². The Bertz CT molecular complexity index is 407. The summed E-state index contributed by atoms with van der Waals surface area (Å²) in [6.45, 7) is 0. The van der Waals surface area contributed by atoms with Gasteiger partial charge in [0.1, 0.15) is 11.5 Å². The highest BCUT2D eigenvalue weighted by atomic mass is 16.5. The van der Waals surface area contributed by atoms with Crippen LogP contribution in [0.1, 0.15) is 18.4 Å². The van der Waals surface area contributed by atoms with E-state index in [1.54, 1.807) is 7.11 Å². The third-order valence-corrected chi connectivity index (χ3v) is 2.26. The first-order chi connectivity index (χ1) is 7.29. The van der Waals surface area contributed by atoms with E-state index in [0.29, 0.717) is 12.2 Å². The van der Waals surface area contributed by atoms with E-state index in [-0.39, 0.29) is 5.97 Å². The molecule has 1 aromatic carbocycles. The summed E-state index contributed by atoms with van der Waals surface area (Å²) in [5.41, 5.74) is 0.877. The van der Waals surface area contributed by atoms with Crippen LogP contribution in [0, 0.1) is 0 Å². The van der Waals surface area contributed by atoms with Crippen molar-refractivity contribution in [3.8, 4) is 5.75 Å². The SMILES string of the molecule is COc1cccc(C2=CCCC(=O)O2)c1. The second-order valence-corrected chi connectivity index (χ2v) is 3.31. The van der Waals surface area contributed by atoms with E-state index < -0.39 is 0 Å². The second kappa shape index (κ2) is 4.17. The largest absolute Gasteiger partial charge is 0.497 e. The van der Waals surface area contributed by atoms with Gasteiger partial charge >= 0.3 is 5.97 Å². The molecule has 15 heavy (non-hydrogen) atoms. The van der Waals surface area contributed by atoms with E-state index in [0.717, 1.165) is 17.7 Å². The first-order valence-corrected chi connectivity index (χ1v) is 4.85. The van der Waals surface area contributed by atoms with E-state index in [1.807, 2.05) is 30.3 Å². The lowest BCUT2D eigenvalue weighted by molar-refractivity contribution is -0.137. The number of hydrogen-bond acceptors (Lipinski definition) is 3. The van der Waals surface area contributed by atoms with Gasteiger partial charge in [0.25, 0.3) is 0 Å². The van der Waals surface area contributed by atoms with Crippen molar-refractivity contribution in [2.24, 2.45) is 0 Å². The number of carbonyl (C=O) groups excluding carboxylic acids is 1. The fraction of sp³-hybridized carbons (Fsp3) is 0.250. The normalized spacial score (nSPS) is 15.5. The maximum absolute atomic E-state index is 11.1. The summed E-state index contributed by atoms with van der Waals surface area (Å²) in [4.78, 5) is 11.1. The van der Waals surface area contributed by atoms with Crippen molar-refractivity contribution in [1.29, 1.82) is 0 Å². The van der Waals surface area contributed by atoms with Crippen molar-refractivity contribution in [3.05, 3.63) is 35.9 Å². The molecule has 0 saturated heterocycles. The van der Waals surface area contributed by atoms with Crippen LogP contribution in [-0.2, 0) is 9.53 Å². The number of esters is 1. The molecule has 0 unspecified atom stereocenters. The third-order valence-electron chi connectivity index (χ3n) is 2.26. The predicted octanol–water partition coefficient (Wildman–Crippen LogP) is 2.37. The number of allylic oxidation sites excluding steroid dienone is 1. The quantitative estimate of drug-likeness (QED) is 0.694. The van der Waals surface area contributed by atoms with Crippen LogP contribution in [0.3, 0.4) is 0 Å². The molecule has 0 amide bonds. The highest BCUT2D eigenvalue weighted by Crippen LogP contribution is 2.24. The van der Waals surface area contributed by atoms with Gasteiger partial charge in [0.2, 0.25) is 0 Å². The summed E-state index contributed by atoms with van der Waals surface area (Å²) in [5, 5.41) is 0. The Kier molecular flexibility index (Phi) is 2.72. The van der Waals surface area contributed by atoms with Gasteiger partial charge in [-0.2, -0.15) is 0 Å². The van der Waals surface area contributed by atoms with E-state index in [4.69, 9.17) is 9.47 Å². The van der Waals surface area contributed by atoms with Crippen LogP contribution in [0.5, 0.6) is 5.75 Å². The number of methoxy groups -OCH3 is 1. The van der Waals surface area contributed by atoms with Gasteiger partial charge in [-0.25, -0.2) is 0 Å². The van der Waals surface area contributed by atoms with Gasteiger partial charge in [0.05, 0.1) is 7.11 Å². The number of cyclic esters (lactones) is 1. The third kappa shape index (κ3) is 2.18. The van der Waals surface area contributed by atoms with Crippen LogP contribution in [0.2, 0.25) is 0 Å². The number of rotatable bonds is 2. The average molecular weight is 204 g/mol. The van der Waals surface area contributed by atoms with Gasteiger partial charge in [0.15, 0.2) is 0 Å². The Balaban J connectivity index is 2.28. The number of benzene rings is 1. The Morgan fingerprint density at radius 3 is 3.00 bits per heavy atom. The molecule has 0 aromatic heterocycles. The molecule has 78 valence electrons. The predicted molar refractivity (Wildman–Crippen MR) is 56.3 cm³/mol.